The Labute approximate surface area is 96.6 Å². The minimum absolute atomic E-state index is 0. The van der Waals surface area contributed by atoms with Crippen LogP contribution in [0.5, 0.6) is 0 Å². The molecule has 0 aliphatic rings. The molecule has 0 bridgehead atoms. The molecule has 19 valence electrons. The van der Waals surface area contributed by atoms with Crippen LogP contribution < -0.4 is 0 Å². The van der Waals surface area contributed by atoms with Gasteiger partial charge in [-0.3, -0.25) is 0 Å². The van der Waals surface area contributed by atoms with E-state index < -0.39 is 0 Å². The molecule has 0 fully saturated rings. The second kappa shape index (κ2) is 16.4. The number of hydrogen-bond acceptors (Lipinski definition) is 0. The molecule has 0 heterocycles. The van der Waals surface area contributed by atoms with E-state index >= 15 is 0 Å². The van der Waals surface area contributed by atoms with Gasteiger partial charge in [-0.05, 0) is 0 Å². The normalized spacial score (nSPS) is 0. The minimum Gasteiger partial charge on any atom is 0 e. The molecule has 0 atom stereocenters. The van der Waals surface area contributed by atoms with Gasteiger partial charge in [0.2, 0.25) is 0 Å². The third-order valence-corrected chi connectivity index (χ3v) is 0. The van der Waals surface area contributed by atoms with Crippen LogP contribution in [0.1, 0.15) is 2.85 Å². The van der Waals surface area contributed by atoms with E-state index in [0.717, 1.165) is 0 Å². The number of rotatable bonds is 0. The summed E-state index contributed by atoms with van der Waals surface area (Å²) in [5, 5.41) is 0. The Kier molecular flexibility index (Phi) is 111. The van der Waals surface area contributed by atoms with Gasteiger partial charge < -0.3 is 2.85 Å². The Morgan fingerprint density at radius 2 is 1.25 bits per heavy atom. The molecular formula is H4MgNbSnZr. The fraction of sp³-hybridized carbons (Fsp3) is 0. The predicted octanol–water partition coefficient (Wildman–Crippen LogP) is -1.08. The molecule has 0 N–H and O–H groups in total. The fourth-order valence-electron chi connectivity index (χ4n) is 0. The Hall–Kier alpha value is 3.19. The van der Waals surface area contributed by atoms with E-state index in [4.69, 9.17) is 0 Å². The zero-order chi connectivity index (χ0) is 0. The van der Waals surface area contributed by atoms with Crippen molar-refractivity contribution >= 4 is 47.0 Å². The third-order valence-electron chi connectivity index (χ3n) is 0. The second-order valence-electron chi connectivity index (χ2n) is 0. The summed E-state index contributed by atoms with van der Waals surface area (Å²) in [5.74, 6) is 0. The van der Waals surface area contributed by atoms with Crippen molar-refractivity contribution in [3.8, 4) is 0 Å². The maximum Gasteiger partial charge on any atom is 0 e. The summed E-state index contributed by atoms with van der Waals surface area (Å²) >= 11 is 0. The van der Waals surface area contributed by atoms with Crippen LogP contribution in [0.2, 0.25) is 0 Å². The topological polar surface area (TPSA) is 0 Å². The van der Waals surface area contributed by atoms with Crippen molar-refractivity contribution in [1.82, 2.24) is 0 Å². The molecule has 0 aliphatic carbocycles. The van der Waals surface area contributed by atoms with E-state index in [-0.39, 0.29) is 98.4 Å². The molecular weight excluding hydrogens is 327 g/mol. The average molecular weight is 331 g/mol. The third kappa shape index (κ3) is 8.95. The van der Waals surface area contributed by atoms with E-state index in [1.807, 2.05) is 0 Å². The van der Waals surface area contributed by atoms with Crippen molar-refractivity contribution in [1.29, 1.82) is 0 Å². The average Bonchev–Trinajstić information content (AvgIpc) is 0. The molecule has 4 heteroatoms. The zero-order valence-electron chi connectivity index (χ0n) is 4.36. The van der Waals surface area contributed by atoms with Gasteiger partial charge in [-0.1, -0.05) is 0 Å². The van der Waals surface area contributed by atoms with Crippen LogP contribution in [0.25, 0.3) is 0 Å². The Balaban J connectivity index is 0. The maximum atomic E-state index is 0. The first-order chi connectivity index (χ1) is 0. The van der Waals surface area contributed by atoms with Gasteiger partial charge in [0.25, 0.3) is 0 Å². The van der Waals surface area contributed by atoms with E-state index in [9.17, 15) is 0 Å². The molecule has 0 aromatic rings. The van der Waals surface area contributed by atoms with Crippen LogP contribution >= 0.6 is 0 Å². The summed E-state index contributed by atoms with van der Waals surface area (Å²) in [7, 11) is 0. The molecule has 0 spiro atoms. The smallest absolute Gasteiger partial charge is 0 e. The van der Waals surface area contributed by atoms with E-state index in [1.54, 1.807) is 0 Å². The minimum atomic E-state index is 0. The molecule has 0 aromatic heterocycles. The van der Waals surface area contributed by atoms with Crippen LogP contribution in [-0.2, 0) is 48.6 Å². The zero-order valence-corrected chi connectivity index (χ0v) is 12.5. The van der Waals surface area contributed by atoms with Crippen molar-refractivity contribution in [3.05, 3.63) is 0 Å². The first-order valence-corrected chi connectivity index (χ1v) is 0. The van der Waals surface area contributed by atoms with Crippen molar-refractivity contribution in [3.63, 3.8) is 0 Å². The number of hydrogen-bond donors (Lipinski definition) is 0. The summed E-state index contributed by atoms with van der Waals surface area (Å²) in [6.07, 6.45) is 0. The Morgan fingerprint density at radius 3 is 1.25 bits per heavy atom. The molecule has 4 heavy (non-hydrogen) atoms. The van der Waals surface area contributed by atoms with Crippen LogP contribution in [0.3, 0.4) is 0 Å². The quantitative estimate of drug-likeness (QED) is 0.496. The van der Waals surface area contributed by atoms with Gasteiger partial charge >= 0.3 is 47.0 Å². The molecule has 0 unspecified atom stereocenters. The summed E-state index contributed by atoms with van der Waals surface area (Å²) in [5.41, 5.74) is 0. The van der Waals surface area contributed by atoms with E-state index in [2.05, 4.69) is 0 Å². The van der Waals surface area contributed by atoms with E-state index in [1.165, 1.54) is 0 Å². The molecule has 0 saturated heterocycles. The van der Waals surface area contributed by atoms with Crippen molar-refractivity contribution in [2.45, 2.75) is 0 Å². The molecule has 0 nitrogen and oxygen atoms in total. The summed E-state index contributed by atoms with van der Waals surface area (Å²) in [6, 6.07) is 0. The van der Waals surface area contributed by atoms with Crippen LogP contribution in [0, 0.1) is 0 Å². The summed E-state index contributed by atoms with van der Waals surface area (Å²) in [6.45, 7) is 0. The molecule has 0 aromatic carbocycles. The van der Waals surface area contributed by atoms with Gasteiger partial charge in [0, 0.05) is 48.6 Å². The SMILES string of the molecule is [H-].[H-].[Mg+2].[Nb].[SnH2].[Zr]. The van der Waals surface area contributed by atoms with Crippen molar-refractivity contribution < 1.29 is 51.4 Å². The van der Waals surface area contributed by atoms with Gasteiger partial charge in [-0.15, -0.1) is 0 Å². The van der Waals surface area contributed by atoms with Crippen molar-refractivity contribution in [2.24, 2.45) is 0 Å². The fourth-order valence-corrected chi connectivity index (χ4v) is 0. The maximum absolute atomic E-state index is 0. The van der Waals surface area contributed by atoms with Crippen LogP contribution in [0.4, 0.5) is 0 Å². The first-order valence-electron chi connectivity index (χ1n) is 0. The Morgan fingerprint density at radius 1 is 1.25 bits per heavy atom. The monoisotopic (exact) mass is 331 g/mol. The first kappa shape index (κ1) is 27.1. The standard InChI is InChI=1S/Mg.Nb.Sn.Zr.4H/q+2;;;;;;2*-1. The van der Waals surface area contributed by atoms with Crippen molar-refractivity contribution in [2.75, 3.05) is 0 Å². The molecule has 0 amide bonds. The summed E-state index contributed by atoms with van der Waals surface area (Å²) in [4.78, 5) is 0. The van der Waals surface area contributed by atoms with Gasteiger partial charge in [0.05, 0.1) is 0 Å². The van der Waals surface area contributed by atoms with Gasteiger partial charge in [0.1, 0.15) is 0 Å². The largest absolute Gasteiger partial charge is 0 e. The van der Waals surface area contributed by atoms with Crippen LogP contribution in [-0.4, -0.2) is 47.0 Å². The Bertz CT molecular complexity index is 13.5. The predicted molar refractivity (Wildman–Crippen MR) is 16.5 cm³/mol. The second-order valence-corrected chi connectivity index (χ2v) is 0. The van der Waals surface area contributed by atoms with Gasteiger partial charge in [-0.2, -0.15) is 0 Å². The van der Waals surface area contributed by atoms with Gasteiger partial charge in [-0.25, -0.2) is 0 Å². The summed E-state index contributed by atoms with van der Waals surface area (Å²) < 4.78 is 0. The molecule has 0 saturated carbocycles. The van der Waals surface area contributed by atoms with E-state index in [0.29, 0.717) is 0 Å². The molecule has 3 radical (unpaired) electrons. The van der Waals surface area contributed by atoms with Gasteiger partial charge in [0.15, 0.2) is 0 Å². The van der Waals surface area contributed by atoms with Crippen LogP contribution in [0.15, 0.2) is 0 Å². The molecule has 0 aliphatic heterocycles. The molecule has 0 rings (SSSR count).